The molecule has 1 aromatic rings. The maximum Gasteiger partial charge on any atom is 0.340 e. The molecule has 0 aliphatic rings. The molecule has 0 aromatic heterocycles. The summed E-state index contributed by atoms with van der Waals surface area (Å²) in [4.78, 5) is 22.5. The van der Waals surface area contributed by atoms with Gasteiger partial charge in [0.05, 0.1) is 5.56 Å². The summed E-state index contributed by atoms with van der Waals surface area (Å²) in [5.41, 5.74) is 0.470. The summed E-state index contributed by atoms with van der Waals surface area (Å²) in [7, 11) is 0. The first-order chi connectivity index (χ1) is 9.93. The lowest BCUT2D eigenvalue weighted by Gasteiger charge is -2.15. The Kier molecular flexibility index (Phi) is 6.21. The third kappa shape index (κ3) is 3.97. The smallest absolute Gasteiger partial charge is 0.340 e. The van der Waals surface area contributed by atoms with Crippen molar-refractivity contribution in [3.63, 3.8) is 0 Å². The molecule has 1 rings (SSSR count). The van der Waals surface area contributed by atoms with E-state index in [1.165, 1.54) is 6.07 Å². The molecule has 5 heteroatoms. The largest absolute Gasteiger partial charge is 0.507 e. The number of hydrogen-bond donors (Lipinski definition) is 3. The Labute approximate surface area is 124 Å². The summed E-state index contributed by atoms with van der Waals surface area (Å²) in [6.07, 6.45) is 4.74. The Morgan fingerprint density at radius 2 is 1.57 bits per heavy atom. The van der Waals surface area contributed by atoms with Crippen LogP contribution in [0.15, 0.2) is 6.07 Å². The van der Waals surface area contributed by atoms with E-state index in [1.807, 2.05) is 13.8 Å². The van der Waals surface area contributed by atoms with Gasteiger partial charge in [-0.2, -0.15) is 0 Å². The predicted molar refractivity (Wildman–Crippen MR) is 79.2 cm³/mol. The first kappa shape index (κ1) is 17.0. The van der Waals surface area contributed by atoms with E-state index in [4.69, 9.17) is 0 Å². The second-order valence-electron chi connectivity index (χ2n) is 5.10. The van der Waals surface area contributed by atoms with Crippen molar-refractivity contribution in [1.29, 1.82) is 0 Å². The van der Waals surface area contributed by atoms with Crippen LogP contribution in [0.4, 0.5) is 0 Å². The van der Waals surface area contributed by atoms with Gasteiger partial charge in [-0.15, -0.1) is 0 Å². The van der Waals surface area contributed by atoms with Gasteiger partial charge in [0.1, 0.15) is 11.3 Å². The van der Waals surface area contributed by atoms with E-state index in [0.29, 0.717) is 18.4 Å². The van der Waals surface area contributed by atoms with E-state index in [0.717, 1.165) is 31.2 Å². The van der Waals surface area contributed by atoms with Gasteiger partial charge >= 0.3 is 11.9 Å². The van der Waals surface area contributed by atoms with Crippen molar-refractivity contribution < 1.29 is 24.9 Å². The van der Waals surface area contributed by atoms with E-state index in [1.54, 1.807) is 0 Å². The quantitative estimate of drug-likeness (QED) is 0.682. The number of phenols is 1. The monoisotopic (exact) mass is 294 g/mol. The number of benzene rings is 1. The average molecular weight is 294 g/mol. The highest BCUT2D eigenvalue weighted by Gasteiger charge is 2.25. The molecule has 0 saturated heterocycles. The molecule has 0 amide bonds. The number of carbonyl (C=O) groups is 2. The number of unbranched alkanes of at least 4 members (excludes halogenated alkanes) is 2. The number of aromatic hydroxyl groups is 1. The van der Waals surface area contributed by atoms with E-state index in [9.17, 15) is 24.9 Å². The van der Waals surface area contributed by atoms with Crippen molar-refractivity contribution in [2.45, 2.75) is 52.4 Å². The van der Waals surface area contributed by atoms with Gasteiger partial charge in [0.2, 0.25) is 0 Å². The first-order valence-corrected chi connectivity index (χ1v) is 7.28. The zero-order chi connectivity index (χ0) is 16.0. The van der Waals surface area contributed by atoms with Crippen molar-refractivity contribution in [3.8, 4) is 5.75 Å². The van der Waals surface area contributed by atoms with Crippen LogP contribution in [0.3, 0.4) is 0 Å². The maximum absolute atomic E-state index is 11.3. The van der Waals surface area contributed by atoms with Gasteiger partial charge < -0.3 is 15.3 Å². The van der Waals surface area contributed by atoms with Crippen molar-refractivity contribution in [2.75, 3.05) is 0 Å². The Morgan fingerprint density at radius 1 is 1.00 bits per heavy atom. The maximum atomic E-state index is 11.3. The molecule has 21 heavy (non-hydrogen) atoms. The van der Waals surface area contributed by atoms with Gasteiger partial charge in [-0.1, -0.05) is 26.7 Å². The highest BCUT2D eigenvalue weighted by Crippen LogP contribution is 2.32. The molecule has 116 valence electrons. The zero-order valence-electron chi connectivity index (χ0n) is 12.5. The van der Waals surface area contributed by atoms with Gasteiger partial charge in [-0.3, -0.25) is 0 Å². The van der Waals surface area contributed by atoms with Crippen LogP contribution in [0, 0.1) is 0 Å². The standard InChI is InChI=1S/C16H22O5/c1-3-5-7-10-9-12(15(18)19)13(16(20)21)14(17)11(10)8-6-4-2/h9,17H,3-8H2,1-2H3,(H,18,19)(H,20,21). The molecule has 0 radical (unpaired) electrons. The fourth-order valence-electron chi connectivity index (χ4n) is 2.37. The van der Waals surface area contributed by atoms with Gasteiger partial charge in [0.25, 0.3) is 0 Å². The van der Waals surface area contributed by atoms with E-state index >= 15 is 0 Å². The van der Waals surface area contributed by atoms with Crippen molar-refractivity contribution in [2.24, 2.45) is 0 Å². The van der Waals surface area contributed by atoms with Crippen LogP contribution in [0.25, 0.3) is 0 Å². The molecular formula is C16H22O5. The fourth-order valence-corrected chi connectivity index (χ4v) is 2.37. The second-order valence-corrected chi connectivity index (χ2v) is 5.10. The third-order valence-corrected chi connectivity index (χ3v) is 3.52. The molecule has 0 spiro atoms. The summed E-state index contributed by atoms with van der Waals surface area (Å²) in [5, 5.41) is 28.6. The second kappa shape index (κ2) is 7.67. The van der Waals surface area contributed by atoms with Crippen LogP contribution < -0.4 is 0 Å². The van der Waals surface area contributed by atoms with E-state index in [-0.39, 0.29) is 11.3 Å². The van der Waals surface area contributed by atoms with Crippen LogP contribution in [0.1, 0.15) is 71.4 Å². The molecule has 0 heterocycles. The number of carboxylic acid groups (broad SMARTS) is 2. The molecular weight excluding hydrogens is 272 g/mol. The molecule has 3 N–H and O–H groups in total. The lowest BCUT2D eigenvalue weighted by molar-refractivity contribution is 0.0648. The number of rotatable bonds is 8. The molecule has 0 fully saturated rings. The third-order valence-electron chi connectivity index (χ3n) is 3.52. The highest BCUT2D eigenvalue weighted by molar-refractivity contribution is 6.04. The van der Waals surface area contributed by atoms with Crippen molar-refractivity contribution >= 4 is 11.9 Å². The summed E-state index contributed by atoms with van der Waals surface area (Å²) in [6.45, 7) is 4.03. The number of aryl methyl sites for hydroxylation is 1. The molecule has 5 nitrogen and oxygen atoms in total. The minimum atomic E-state index is -1.41. The number of carboxylic acids is 2. The van der Waals surface area contributed by atoms with Crippen LogP contribution >= 0.6 is 0 Å². The van der Waals surface area contributed by atoms with Gasteiger partial charge in [-0.05, 0) is 42.9 Å². The summed E-state index contributed by atoms with van der Waals surface area (Å²) >= 11 is 0. The summed E-state index contributed by atoms with van der Waals surface area (Å²) in [6, 6.07) is 1.41. The lowest BCUT2D eigenvalue weighted by Crippen LogP contribution is -2.12. The Hall–Kier alpha value is -2.04. The highest BCUT2D eigenvalue weighted by atomic mass is 16.4. The van der Waals surface area contributed by atoms with Crippen LogP contribution in [0.5, 0.6) is 5.75 Å². The van der Waals surface area contributed by atoms with E-state index < -0.39 is 17.5 Å². The lowest BCUT2D eigenvalue weighted by atomic mass is 9.91. The van der Waals surface area contributed by atoms with E-state index in [2.05, 4.69) is 0 Å². The summed E-state index contributed by atoms with van der Waals surface area (Å²) < 4.78 is 0. The van der Waals surface area contributed by atoms with Gasteiger partial charge in [0.15, 0.2) is 0 Å². The first-order valence-electron chi connectivity index (χ1n) is 7.28. The predicted octanol–water partition coefficient (Wildman–Crippen LogP) is 3.47. The number of aromatic carboxylic acids is 2. The number of hydrogen-bond acceptors (Lipinski definition) is 3. The molecule has 0 aliphatic heterocycles. The molecule has 0 atom stereocenters. The molecule has 1 aromatic carbocycles. The SMILES string of the molecule is CCCCc1cc(C(=O)O)c(C(=O)O)c(O)c1CCCC. The molecule has 0 aliphatic carbocycles. The Bertz CT molecular complexity index is 534. The normalized spacial score (nSPS) is 10.6. The molecule has 0 unspecified atom stereocenters. The minimum Gasteiger partial charge on any atom is -0.507 e. The van der Waals surface area contributed by atoms with Crippen molar-refractivity contribution in [1.82, 2.24) is 0 Å². The minimum absolute atomic E-state index is 0.341. The Morgan fingerprint density at radius 3 is 2.05 bits per heavy atom. The van der Waals surface area contributed by atoms with Crippen LogP contribution in [-0.2, 0) is 12.8 Å². The Balaban J connectivity index is 3.46. The topological polar surface area (TPSA) is 94.8 Å². The zero-order valence-corrected chi connectivity index (χ0v) is 12.5. The average Bonchev–Trinajstić information content (AvgIpc) is 2.42. The van der Waals surface area contributed by atoms with Crippen LogP contribution in [-0.4, -0.2) is 27.3 Å². The van der Waals surface area contributed by atoms with Crippen LogP contribution in [0.2, 0.25) is 0 Å². The van der Waals surface area contributed by atoms with Gasteiger partial charge in [0, 0.05) is 0 Å². The van der Waals surface area contributed by atoms with Gasteiger partial charge in [-0.25, -0.2) is 9.59 Å². The summed E-state index contributed by atoms with van der Waals surface area (Å²) in [5.74, 6) is -3.13. The molecule has 0 saturated carbocycles. The van der Waals surface area contributed by atoms with Crippen molar-refractivity contribution in [3.05, 3.63) is 28.3 Å². The molecule has 0 bridgehead atoms. The fraction of sp³-hybridized carbons (Fsp3) is 0.500.